The van der Waals surface area contributed by atoms with Gasteiger partial charge in [-0.05, 0) is 19.3 Å². The van der Waals surface area contributed by atoms with Crippen molar-refractivity contribution in [2.45, 2.75) is 32.2 Å². The summed E-state index contributed by atoms with van der Waals surface area (Å²) in [7, 11) is 0. The highest BCUT2D eigenvalue weighted by Crippen LogP contribution is 2.19. The molecule has 0 atom stereocenters. The van der Waals surface area contributed by atoms with E-state index in [1.54, 1.807) is 0 Å². The van der Waals surface area contributed by atoms with Crippen LogP contribution in [-0.4, -0.2) is 35.1 Å². The number of primary amides is 1. The van der Waals surface area contributed by atoms with Gasteiger partial charge in [-0.3, -0.25) is 4.79 Å². The van der Waals surface area contributed by atoms with Gasteiger partial charge < -0.3 is 21.5 Å². The number of hydrogen-bond acceptors (Lipinski definition) is 6. The summed E-state index contributed by atoms with van der Waals surface area (Å²) in [6, 6.07) is 0.298. The number of aryl methyl sites for hydroxylation is 1. The van der Waals surface area contributed by atoms with Gasteiger partial charge >= 0.3 is 0 Å². The van der Waals surface area contributed by atoms with Gasteiger partial charge in [0.25, 0.3) is 5.91 Å². The van der Waals surface area contributed by atoms with Gasteiger partial charge in [-0.25, -0.2) is 9.97 Å². The minimum atomic E-state index is -0.655. The van der Waals surface area contributed by atoms with Gasteiger partial charge in [0, 0.05) is 19.3 Å². The van der Waals surface area contributed by atoms with Crippen molar-refractivity contribution < 1.29 is 9.53 Å². The second-order valence-electron chi connectivity index (χ2n) is 4.50. The second kappa shape index (κ2) is 5.83. The van der Waals surface area contributed by atoms with Crippen LogP contribution in [0.5, 0.6) is 0 Å². The van der Waals surface area contributed by atoms with E-state index in [4.69, 9.17) is 16.2 Å². The lowest BCUT2D eigenvalue weighted by atomic mass is 10.1. The number of aromatic nitrogens is 2. The molecule has 0 saturated carbocycles. The molecule has 1 aromatic heterocycles. The highest BCUT2D eigenvalue weighted by Gasteiger charge is 2.19. The molecule has 104 valence electrons. The molecule has 0 unspecified atom stereocenters. The van der Waals surface area contributed by atoms with Crippen molar-refractivity contribution >= 4 is 17.5 Å². The molecule has 0 bridgehead atoms. The summed E-state index contributed by atoms with van der Waals surface area (Å²) in [5.74, 6) is 0.0495. The number of rotatable bonds is 4. The Bertz CT molecular complexity index is 471. The molecular formula is C12H19N5O2. The van der Waals surface area contributed by atoms with Gasteiger partial charge in [0.1, 0.15) is 5.82 Å². The van der Waals surface area contributed by atoms with Gasteiger partial charge in [-0.2, -0.15) is 0 Å². The van der Waals surface area contributed by atoms with Crippen LogP contribution >= 0.6 is 0 Å². The Hall–Kier alpha value is -1.89. The Morgan fingerprint density at radius 2 is 2.11 bits per heavy atom. The zero-order valence-corrected chi connectivity index (χ0v) is 11.0. The Morgan fingerprint density at radius 3 is 2.68 bits per heavy atom. The quantitative estimate of drug-likeness (QED) is 0.721. The summed E-state index contributed by atoms with van der Waals surface area (Å²) in [5.41, 5.74) is 11.7. The number of anilines is 2. The number of nitrogen functional groups attached to an aromatic ring is 1. The average Bonchev–Trinajstić information content (AvgIpc) is 2.39. The predicted octanol–water partition coefficient (Wildman–Crippen LogP) is 0.311. The van der Waals surface area contributed by atoms with Crippen LogP contribution in [0.4, 0.5) is 11.6 Å². The molecule has 2 heterocycles. The zero-order chi connectivity index (χ0) is 13.8. The minimum absolute atomic E-state index is 0.0365. The first-order chi connectivity index (χ1) is 9.11. The number of carbonyl (C=O) groups is 1. The van der Waals surface area contributed by atoms with E-state index < -0.39 is 5.91 Å². The van der Waals surface area contributed by atoms with Gasteiger partial charge in [0.05, 0.1) is 5.69 Å². The summed E-state index contributed by atoms with van der Waals surface area (Å²) in [5, 5.41) is 3.32. The van der Waals surface area contributed by atoms with E-state index in [-0.39, 0.29) is 11.5 Å². The van der Waals surface area contributed by atoms with Gasteiger partial charge in [-0.1, -0.05) is 6.92 Å². The minimum Gasteiger partial charge on any atom is -0.382 e. The van der Waals surface area contributed by atoms with Crippen molar-refractivity contribution in [3.63, 3.8) is 0 Å². The van der Waals surface area contributed by atoms with Crippen LogP contribution in [0.15, 0.2) is 0 Å². The first-order valence-electron chi connectivity index (χ1n) is 6.42. The van der Waals surface area contributed by atoms with Crippen molar-refractivity contribution in [1.29, 1.82) is 0 Å². The van der Waals surface area contributed by atoms with Crippen LogP contribution in [0, 0.1) is 0 Å². The smallest absolute Gasteiger partial charge is 0.271 e. The molecule has 1 fully saturated rings. The molecule has 2 rings (SSSR count). The lowest BCUT2D eigenvalue weighted by molar-refractivity contribution is 0.0903. The summed E-state index contributed by atoms with van der Waals surface area (Å²) in [6.07, 6.45) is 2.49. The first-order valence-corrected chi connectivity index (χ1v) is 6.42. The predicted molar refractivity (Wildman–Crippen MR) is 71.8 cm³/mol. The van der Waals surface area contributed by atoms with Crippen molar-refractivity contribution in [3.8, 4) is 0 Å². The van der Waals surface area contributed by atoms with E-state index in [0.29, 0.717) is 24.0 Å². The molecule has 5 N–H and O–H groups in total. The number of nitrogens with one attached hydrogen (secondary N) is 1. The average molecular weight is 265 g/mol. The molecule has 1 saturated heterocycles. The summed E-state index contributed by atoms with van der Waals surface area (Å²) in [6.45, 7) is 3.42. The molecule has 7 heteroatoms. The summed E-state index contributed by atoms with van der Waals surface area (Å²) < 4.78 is 5.31. The second-order valence-corrected chi connectivity index (χ2v) is 4.50. The molecule has 0 aliphatic carbocycles. The Labute approximate surface area is 111 Å². The lowest BCUT2D eigenvalue weighted by Crippen LogP contribution is -2.29. The molecule has 19 heavy (non-hydrogen) atoms. The van der Waals surface area contributed by atoms with Crippen LogP contribution in [0.1, 0.15) is 35.9 Å². The molecule has 1 aliphatic rings. The van der Waals surface area contributed by atoms with Crippen LogP contribution in [-0.2, 0) is 11.2 Å². The maximum absolute atomic E-state index is 11.2. The number of hydrogen-bond donors (Lipinski definition) is 3. The van der Waals surface area contributed by atoms with Crippen LogP contribution in [0.2, 0.25) is 0 Å². The molecule has 1 amide bonds. The zero-order valence-electron chi connectivity index (χ0n) is 11.0. The highest BCUT2D eigenvalue weighted by molar-refractivity contribution is 5.95. The van der Waals surface area contributed by atoms with Gasteiger partial charge in [0.2, 0.25) is 0 Å². The molecule has 1 aliphatic heterocycles. The van der Waals surface area contributed by atoms with Crippen molar-refractivity contribution in [3.05, 3.63) is 11.4 Å². The maximum Gasteiger partial charge on any atom is 0.271 e. The third-order valence-corrected chi connectivity index (χ3v) is 3.13. The fraction of sp³-hybridized carbons (Fsp3) is 0.583. The van der Waals surface area contributed by atoms with Crippen LogP contribution < -0.4 is 16.8 Å². The third kappa shape index (κ3) is 3.11. The van der Waals surface area contributed by atoms with Crippen LogP contribution in [0.3, 0.4) is 0 Å². The van der Waals surface area contributed by atoms with E-state index in [0.717, 1.165) is 26.1 Å². The number of carbonyl (C=O) groups excluding carboxylic acids is 1. The van der Waals surface area contributed by atoms with Crippen molar-refractivity contribution in [2.24, 2.45) is 5.73 Å². The standard InChI is InChI=1S/C12H19N5O2/c1-2-8-12(15-7-3-5-19-6-4-7)17-10(13)9(16-8)11(14)18/h7H,2-6H2,1H3,(H2,14,18)(H3,13,15,17). The maximum atomic E-state index is 11.2. The Kier molecular flexibility index (Phi) is 4.16. The van der Waals surface area contributed by atoms with Gasteiger partial charge in [-0.15, -0.1) is 0 Å². The van der Waals surface area contributed by atoms with Crippen molar-refractivity contribution in [1.82, 2.24) is 9.97 Å². The van der Waals surface area contributed by atoms with E-state index in [1.807, 2.05) is 6.92 Å². The fourth-order valence-electron chi connectivity index (χ4n) is 2.06. The third-order valence-electron chi connectivity index (χ3n) is 3.13. The molecular weight excluding hydrogens is 246 g/mol. The Balaban J connectivity index is 2.23. The van der Waals surface area contributed by atoms with E-state index in [1.165, 1.54) is 0 Å². The summed E-state index contributed by atoms with van der Waals surface area (Å²) in [4.78, 5) is 19.6. The first kappa shape index (κ1) is 13.5. The van der Waals surface area contributed by atoms with E-state index in [9.17, 15) is 4.79 Å². The number of nitrogens with zero attached hydrogens (tertiary/aromatic N) is 2. The largest absolute Gasteiger partial charge is 0.382 e. The fourth-order valence-corrected chi connectivity index (χ4v) is 2.06. The number of nitrogens with two attached hydrogens (primary N) is 2. The van der Waals surface area contributed by atoms with E-state index in [2.05, 4.69) is 15.3 Å². The normalized spacial score (nSPS) is 16.3. The van der Waals surface area contributed by atoms with Crippen molar-refractivity contribution in [2.75, 3.05) is 24.3 Å². The SMILES string of the molecule is CCc1nc(C(N)=O)c(N)nc1NC1CCOCC1. The molecule has 0 radical (unpaired) electrons. The lowest BCUT2D eigenvalue weighted by Gasteiger charge is -2.24. The molecule has 1 aromatic rings. The topological polar surface area (TPSA) is 116 Å². The Morgan fingerprint density at radius 1 is 1.42 bits per heavy atom. The molecule has 0 aromatic carbocycles. The van der Waals surface area contributed by atoms with Gasteiger partial charge in [0.15, 0.2) is 11.5 Å². The summed E-state index contributed by atoms with van der Waals surface area (Å²) >= 11 is 0. The monoisotopic (exact) mass is 265 g/mol. The van der Waals surface area contributed by atoms with Crippen LogP contribution in [0.25, 0.3) is 0 Å². The van der Waals surface area contributed by atoms with E-state index >= 15 is 0 Å². The number of ether oxygens (including phenoxy) is 1. The molecule has 0 spiro atoms. The number of amides is 1. The molecule has 7 nitrogen and oxygen atoms in total. The highest BCUT2D eigenvalue weighted by atomic mass is 16.5.